The third kappa shape index (κ3) is 6.65. The third-order valence-electron chi connectivity index (χ3n) is 2.97. The van der Waals surface area contributed by atoms with E-state index in [9.17, 15) is 9.59 Å². The van der Waals surface area contributed by atoms with Crippen molar-refractivity contribution in [3.05, 3.63) is 30.1 Å². The number of carboxylic acid groups (broad SMARTS) is 1. The molecule has 0 saturated heterocycles. The minimum Gasteiger partial charge on any atom is -1.00 e. The molecule has 20 heavy (non-hydrogen) atoms. The average molecular weight is 345 g/mol. The Kier molecular flexibility index (Phi) is 8.79. The van der Waals surface area contributed by atoms with E-state index in [0.717, 1.165) is 0 Å². The van der Waals surface area contributed by atoms with E-state index in [1.807, 2.05) is 42.9 Å². The maximum Gasteiger partial charge on any atom is 0.305 e. The van der Waals surface area contributed by atoms with Crippen LogP contribution >= 0.6 is 0 Å². The Hall–Kier alpha value is -1.43. The number of rotatable bonds is 7. The van der Waals surface area contributed by atoms with Crippen molar-refractivity contribution in [2.75, 3.05) is 13.1 Å². The van der Waals surface area contributed by atoms with E-state index in [4.69, 9.17) is 5.11 Å². The molecule has 5 nitrogen and oxygen atoms in total. The van der Waals surface area contributed by atoms with Crippen LogP contribution < -0.4 is 21.5 Å². The molecule has 0 aliphatic carbocycles. The smallest absolute Gasteiger partial charge is 0.305 e. The van der Waals surface area contributed by atoms with Crippen molar-refractivity contribution >= 4 is 11.9 Å². The fraction of sp³-hybridized carbons (Fsp3) is 0.500. The van der Waals surface area contributed by atoms with Gasteiger partial charge in [-0.05, 0) is 19.4 Å². The highest BCUT2D eigenvalue weighted by molar-refractivity contribution is 5.76. The molecule has 1 aromatic rings. The molecule has 6 heteroatoms. The Balaban J connectivity index is 0.00000361. The lowest BCUT2D eigenvalue weighted by molar-refractivity contribution is -0.696. The van der Waals surface area contributed by atoms with Gasteiger partial charge in [0.25, 0.3) is 0 Å². The number of carbonyl (C=O) groups is 2. The zero-order valence-corrected chi connectivity index (χ0v) is 13.5. The molecule has 1 heterocycles. The fourth-order valence-electron chi connectivity index (χ4n) is 1.75. The van der Waals surface area contributed by atoms with Crippen LogP contribution in [0.25, 0.3) is 0 Å². The molecule has 0 fully saturated rings. The molecule has 0 saturated carbocycles. The summed E-state index contributed by atoms with van der Waals surface area (Å²) in [6.45, 7) is 5.32. The first kappa shape index (κ1) is 18.6. The Morgan fingerprint density at radius 1 is 1.25 bits per heavy atom. The van der Waals surface area contributed by atoms with Gasteiger partial charge in [-0.15, -0.1) is 0 Å². The van der Waals surface area contributed by atoms with Crippen molar-refractivity contribution in [1.82, 2.24) is 4.90 Å². The van der Waals surface area contributed by atoms with E-state index in [0.29, 0.717) is 19.5 Å². The van der Waals surface area contributed by atoms with Crippen LogP contribution in [0.15, 0.2) is 24.5 Å². The molecule has 0 aliphatic rings. The number of hydrogen-bond acceptors (Lipinski definition) is 2. The maximum atomic E-state index is 11.9. The number of nitrogens with zero attached hydrogens (tertiary/aromatic N) is 2. The molecule has 1 N–H and O–H groups in total. The molecule has 112 valence electrons. The molecular weight excluding hydrogens is 324 g/mol. The van der Waals surface area contributed by atoms with Gasteiger partial charge in [-0.25, -0.2) is 4.57 Å². The van der Waals surface area contributed by atoms with Crippen LogP contribution in [0.1, 0.15) is 25.3 Å². The van der Waals surface area contributed by atoms with E-state index >= 15 is 0 Å². The second-order valence-corrected chi connectivity index (χ2v) is 4.48. The number of hydrogen-bond donors (Lipinski definition) is 1. The molecule has 0 bridgehead atoms. The molecule has 0 spiro atoms. The van der Waals surface area contributed by atoms with Crippen molar-refractivity contribution in [1.29, 1.82) is 0 Å². The molecule has 0 aromatic carbocycles. The van der Waals surface area contributed by atoms with Crippen LogP contribution in [-0.4, -0.2) is 35.0 Å². The van der Waals surface area contributed by atoms with Gasteiger partial charge in [-0.1, -0.05) is 0 Å². The highest BCUT2D eigenvalue weighted by Crippen LogP contribution is 1.97. The summed E-state index contributed by atoms with van der Waals surface area (Å²) in [5, 5.41) is 8.63. The molecule has 0 aliphatic heterocycles. The topological polar surface area (TPSA) is 61.5 Å². The molecule has 0 radical (unpaired) electrons. The minimum absolute atomic E-state index is 0. The number of carboxylic acids is 1. The highest BCUT2D eigenvalue weighted by Gasteiger charge is 2.14. The van der Waals surface area contributed by atoms with Crippen molar-refractivity contribution in [2.45, 2.75) is 33.2 Å². The zero-order valence-electron chi connectivity index (χ0n) is 11.9. The summed E-state index contributed by atoms with van der Waals surface area (Å²) >= 11 is 0. The van der Waals surface area contributed by atoms with Crippen molar-refractivity contribution < 1.29 is 36.2 Å². The van der Waals surface area contributed by atoms with Gasteiger partial charge in [0.2, 0.25) is 5.91 Å². The second kappa shape index (κ2) is 9.47. The summed E-state index contributed by atoms with van der Waals surface area (Å²) in [6.07, 6.45) is 4.27. The van der Waals surface area contributed by atoms with Crippen LogP contribution in [0.2, 0.25) is 0 Å². The maximum absolute atomic E-state index is 11.9. The first-order valence-corrected chi connectivity index (χ1v) is 6.48. The molecular formula is C14H21BrN2O3. The fourth-order valence-corrected chi connectivity index (χ4v) is 1.75. The second-order valence-electron chi connectivity index (χ2n) is 4.48. The van der Waals surface area contributed by atoms with Crippen LogP contribution in [0, 0.1) is 6.92 Å². The summed E-state index contributed by atoms with van der Waals surface area (Å²) in [5.74, 6) is -0.879. The number of pyridine rings is 1. The first-order chi connectivity index (χ1) is 9.02. The van der Waals surface area contributed by atoms with E-state index in [1.165, 1.54) is 5.56 Å². The lowest BCUT2D eigenvalue weighted by Crippen LogP contribution is -3.00. The largest absolute Gasteiger partial charge is 1.00 e. The number of carbonyl (C=O) groups excluding carboxylic acids is 1. The third-order valence-corrected chi connectivity index (χ3v) is 2.97. The number of aliphatic carboxylic acids is 1. The van der Waals surface area contributed by atoms with Gasteiger partial charge in [0, 0.05) is 25.2 Å². The Bertz CT molecular complexity index is 435. The van der Waals surface area contributed by atoms with Gasteiger partial charge in [-0.3, -0.25) is 9.59 Å². The molecule has 1 rings (SSSR count). The number of amides is 1. The lowest BCUT2D eigenvalue weighted by atomic mass is 10.3. The summed E-state index contributed by atoms with van der Waals surface area (Å²) in [5.41, 5.74) is 1.18. The van der Waals surface area contributed by atoms with Crippen molar-refractivity contribution in [3.63, 3.8) is 0 Å². The monoisotopic (exact) mass is 344 g/mol. The number of aryl methyl sites for hydroxylation is 2. The minimum atomic E-state index is -0.876. The average Bonchev–Trinajstić information content (AvgIpc) is 2.38. The van der Waals surface area contributed by atoms with E-state index in [2.05, 4.69) is 0 Å². The van der Waals surface area contributed by atoms with Gasteiger partial charge < -0.3 is 27.0 Å². The normalized spacial score (nSPS) is 9.70. The molecule has 0 unspecified atom stereocenters. The number of halogens is 1. The van der Waals surface area contributed by atoms with Gasteiger partial charge in [0.05, 0.1) is 12.8 Å². The van der Waals surface area contributed by atoms with Gasteiger partial charge in [0.1, 0.15) is 0 Å². The van der Waals surface area contributed by atoms with Crippen molar-refractivity contribution in [2.24, 2.45) is 0 Å². The van der Waals surface area contributed by atoms with E-state index in [-0.39, 0.29) is 35.9 Å². The van der Waals surface area contributed by atoms with Gasteiger partial charge >= 0.3 is 5.97 Å². The standard InChI is InChI=1S/C14H20N2O3.BrH/c1-3-16(11-7-14(18)19)13(17)6-10-15-8-4-12(2)5-9-15;/h4-5,8-9H,3,6-7,10-11H2,1-2H3;1H. The first-order valence-electron chi connectivity index (χ1n) is 6.48. The highest BCUT2D eigenvalue weighted by atomic mass is 79.9. The molecule has 0 atom stereocenters. The summed E-state index contributed by atoms with van der Waals surface area (Å²) in [6, 6.07) is 3.99. The SMILES string of the molecule is CCN(CCC(=O)O)C(=O)CC[n+]1ccc(C)cc1.[Br-]. The number of aromatic nitrogens is 1. The van der Waals surface area contributed by atoms with E-state index in [1.54, 1.807) is 4.90 Å². The Labute approximate surface area is 130 Å². The Morgan fingerprint density at radius 3 is 2.35 bits per heavy atom. The Morgan fingerprint density at radius 2 is 1.85 bits per heavy atom. The zero-order chi connectivity index (χ0) is 14.3. The predicted molar refractivity (Wildman–Crippen MR) is 70.5 cm³/mol. The van der Waals surface area contributed by atoms with Crippen LogP contribution in [0.3, 0.4) is 0 Å². The summed E-state index contributed by atoms with van der Waals surface area (Å²) in [4.78, 5) is 24.0. The van der Waals surface area contributed by atoms with Crippen LogP contribution in [0.5, 0.6) is 0 Å². The van der Waals surface area contributed by atoms with Gasteiger partial charge in [0.15, 0.2) is 18.9 Å². The van der Waals surface area contributed by atoms with Crippen LogP contribution in [-0.2, 0) is 16.1 Å². The summed E-state index contributed by atoms with van der Waals surface area (Å²) in [7, 11) is 0. The summed E-state index contributed by atoms with van der Waals surface area (Å²) < 4.78 is 1.95. The molecule has 1 aromatic heterocycles. The lowest BCUT2D eigenvalue weighted by Gasteiger charge is -2.19. The van der Waals surface area contributed by atoms with E-state index < -0.39 is 5.97 Å². The molecule has 1 amide bonds. The van der Waals surface area contributed by atoms with Crippen molar-refractivity contribution in [3.8, 4) is 0 Å². The quantitative estimate of drug-likeness (QED) is 0.582. The predicted octanol–water partition coefficient (Wildman–Crippen LogP) is -2.00. The van der Waals surface area contributed by atoms with Crippen LogP contribution in [0.4, 0.5) is 0 Å². The van der Waals surface area contributed by atoms with Gasteiger partial charge in [-0.2, -0.15) is 0 Å².